The Bertz CT molecular complexity index is 267. The van der Waals surface area contributed by atoms with Gasteiger partial charge < -0.3 is 9.47 Å². The van der Waals surface area contributed by atoms with Crippen molar-refractivity contribution < 1.29 is 19.1 Å². The maximum Gasteiger partial charge on any atom is 0.319 e. The van der Waals surface area contributed by atoms with E-state index < -0.39 is 11.9 Å². The van der Waals surface area contributed by atoms with E-state index in [1.165, 1.54) is 19.1 Å². The third-order valence-corrected chi connectivity index (χ3v) is 1.91. The average molecular weight is 228 g/mol. The fourth-order valence-corrected chi connectivity index (χ4v) is 1.11. The highest BCUT2D eigenvalue weighted by Crippen LogP contribution is 1.99. The van der Waals surface area contributed by atoms with E-state index >= 15 is 0 Å². The Balaban J connectivity index is 4.33. The van der Waals surface area contributed by atoms with Crippen molar-refractivity contribution in [2.75, 3.05) is 33.9 Å². The quantitative estimate of drug-likeness (QED) is 0.585. The van der Waals surface area contributed by atoms with E-state index in [0.29, 0.717) is 6.54 Å². The van der Waals surface area contributed by atoms with E-state index in [2.05, 4.69) is 9.47 Å². The smallest absolute Gasteiger partial charge is 0.319 e. The first-order chi connectivity index (χ1) is 7.53. The number of rotatable bonds is 6. The van der Waals surface area contributed by atoms with Crippen molar-refractivity contribution in [1.29, 1.82) is 5.26 Å². The second-order valence-corrected chi connectivity index (χ2v) is 3.35. The summed E-state index contributed by atoms with van der Waals surface area (Å²) in [5, 5.41) is 8.66. The van der Waals surface area contributed by atoms with Crippen LogP contribution in [0.5, 0.6) is 0 Å². The number of hydrogen-bond acceptors (Lipinski definition) is 6. The maximum atomic E-state index is 11.1. The lowest BCUT2D eigenvalue weighted by molar-refractivity contribution is -0.145. The van der Waals surface area contributed by atoms with Crippen LogP contribution in [0, 0.1) is 17.2 Å². The van der Waals surface area contributed by atoms with Crippen LogP contribution in [0.1, 0.15) is 6.92 Å². The molecule has 0 fully saturated rings. The Morgan fingerprint density at radius 3 is 2.00 bits per heavy atom. The summed E-state index contributed by atoms with van der Waals surface area (Å²) in [6.07, 6.45) is 0. The molecule has 0 saturated heterocycles. The van der Waals surface area contributed by atoms with Gasteiger partial charge in [-0.15, -0.1) is 0 Å². The summed E-state index contributed by atoms with van der Waals surface area (Å²) in [5.74, 6) is -1.17. The summed E-state index contributed by atoms with van der Waals surface area (Å²) < 4.78 is 8.99. The molecule has 0 aromatic heterocycles. The first-order valence-corrected chi connectivity index (χ1v) is 4.79. The summed E-state index contributed by atoms with van der Waals surface area (Å²) >= 11 is 0. The molecule has 6 nitrogen and oxygen atoms in total. The van der Waals surface area contributed by atoms with Gasteiger partial charge in [0.15, 0.2) is 0 Å². The van der Waals surface area contributed by atoms with E-state index in [4.69, 9.17) is 5.26 Å². The topological polar surface area (TPSA) is 79.6 Å². The fourth-order valence-electron chi connectivity index (χ4n) is 1.11. The minimum Gasteiger partial charge on any atom is -0.468 e. The van der Waals surface area contributed by atoms with Crippen LogP contribution in [0.2, 0.25) is 0 Å². The lowest BCUT2D eigenvalue weighted by Gasteiger charge is -2.20. The molecule has 1 atom stereocenters. The van der Waals surface area contributed by atoms with Gasteiger partial charge in [0.05, 0.1) is 39.3 Å². The highest BCUT2D eigenvalue weighted by Gasteiger charge is 2.17. The van der Waals surface area contributed by atoms with E-state index in [1.807, 2.05) is 6.07 Å². The molecule has 0 N–H and O–H groups in total. The molecule has 0 spiro atoms. The lowest BCUT2D eigenvalue weighted by Crippen LogP contribution is -2.38. The van der Waals surface area contributed by atoms with Gasteiger partial charge in [0.1, 0.15) is 0 Å². The standard InChI is InChI=1S/C10H16N2O4/c1-8(4-11)5-12(6-9(13)15-2)7-10(14)16-3/h8H,5-7H2,1-3H3. The molecule has 0 saturated carbocycles. The first kappa shape index (κ1) is 14.4. The van der Waals surface area contributed by atoms with Crippen LogP contribution in [0.25, 0.3) is 0 Å². The lowest BCUT2D eigenvalue weighted by atomic mass is 10.2. The molecule has 0 aromatic carbocycles. The molecule has 16 heavy (non-hydrogen) atoms. The Kier molecular flexibility index (Phi) is 6.88. The van der Waals surface area contributed by atoms with Gasteiger partial charge in [0.2, 0.25) is 0 Å². The van der Waals surface area contributed by atoms with E-state index in [1.54, 1.807) is 6.92 Å². The van der Waals surface area contributed by atoms with Crippen LogP contribution in [0.3, 0.4) is 0 Å². The van der Waals surface area contributed by atoms with Crippen molar-refractivity contribution >= 4 is 11.9 Å². The molecule has 0 radical (unpaired) electrons. The molecule has 0 amide bonds. The van der Waals surface area contributed by atoms with Crippen molar-refractivity contribution in [2.45, 2.75) is 6.92 Å². The summed E-state index contributed by atoms with van der Waals surface area (Å²) in [7, 11) is 2.54. The third-order valence-electron chi connectivity index (χ3n) is 1.91. The zero-order chi connectivity index (χ0) is 12.6. The number of ether oxygens (including phenoxy) is 2. The molecule has 6 heteroatoms. The molecule has 1 unspecified atom stereocenters. The molecule has 0 bridgehead atoms. The molecule has 0 aliphatic rings. The van der Waals surface area contributed by atoms with Crippen molar-refractivity contribution in [3.8, 4) is 6.07 Å². The Hall–Kier alpha value is -1.61. The normalized spacial score (nSPS) is 11.7. The molecule has 0 aliphatic carbocycles. The van der Waals surface area contributed by atoms with Crippen LogP contribution in [-0.2, 0) is 19.1 Å². The van der Waals surface area contributed by atoms with Crippen molar-refractivity contribution in [1.82, 2.24) is 4.90 Å². The summed E-state index contributed by atoms with van der Waals surface area (Å²) in [4.78, 5) is 23.6. The summed E-state index contributed by atoms with van der Waals surface area (Å²) in [6, 6.07) is 2.03. The summed E-state index contributed by atoms with van der Waals surface area (Å²) in [5.41, 5.74) is 0. The van der Waals surface area contributed by atoms with Gasteiger partial charge in [-0.05, 0) is 6.92 Å². The van der Waals surface area contributed by atoms with Crippen LogP contribution in [-0.4, -0.2) is 50.7 Å². The third kappa shape index (κ3) is 5.98. The molecular formula is C10H16N2O4. The highest BCUT2D eigenvalue weighted by molar-refractivity contribution is 5.74. The van der Waals surface area contributed by atoms with E-state index in [9.17, 15) is 9.59 Å². The number of nitrogens with zero attached hydrogens (tertiary/aromatic N) is 2. The predicted molar refractivity (Wildman–Crippen MR) is 55.2 cm³/mol. The van der Waals surface area contributed by atoms with Gasteiger partial charge in [-0.1, -0.05) is 0 Å². The number of methoxy groups -OCH3 is 2. The second kappa shape index (κ2) is 7.65. The zero-order valence-electron chi connectivity index (χ0n) is 9.73. The van der Waals surface area contributed by atoms with Crippen LogP contribution in [0.15, 0.2) is 0 Å². The van der Waals surface area contributed by atoms with Gasteiger partial charge in [0.25, 0.3) is 0 Å². The number of carbonyl (C=O) groups is 2. The number of carbonyl (C=O) groups excluding carboxylic acids is 2. The fraction of sp³-hybridized carbons (Fsp3) is 0.700. The highest BCUT2D eigenvalue weighted by atomic mass is 16.5. The zero-order valence-corrected chi connectivity index (χ0v) is 9.73. The van der Waals surface area contributed by atoms with Crippen molar-refractivity contribution in [3.05, 3.63) is 0 Å². The van der Waals surface area contributed by atoms with E-state index in [-0.39, 0.29) is 19.0 Å². The number of esters is 2. The molecule has 0 rings (SSSR count). The minimum atomic E-state index is -0.450. The van der Waals surface area contributed by atoms with Crippen LogP contribution < -0.4 is 0 Å². The number of nitriles is 1. The van der Waals surface area contributed by atoms with E-state index in [0.717, 1.165) is 0 Å². The average Bonchev–Trinajstić information content (AvgIpc) is 2.28. The minimum absolute atomic E-state index is 0.0301. The predicted octanol–water partition coefficient (Wildman–Crippen LogP) is -0.206. The molecule has 0 aliphatic heterocycles. The van der Waals surface area contributed by atoms with Gasteiger partial charge in [-0.3, -0.25) is 14.5 Å². The largest absolute Gasteiger partial charge is 0.468 e. The van der Waals surface area contributed by atoms with Gasteiger partial charge in [0, 0.05) is 6.54 Å². The van der Waals surface area contributed by atoms with Crippen molar-refractivity contribution in [2.24, 2.45) is 5.92 Å². The SMILES string of the molecule is COC(=O)CN(CC(=O)OC)CC(C)C#N. The maximum absolute atomic E-state index is 11.1. The molecule has 0 heterocycles. The molecule has 90 valence electrons. The Labute approximate surface area is 94.7 Å². The van der Waals surface area contributed by atoms with Gasteiger partial charge in [-0.25, -0.2) is 0 Å². The number of hydrogen-bond donors (Lipinski definition) is 0. The van der Waals surface area contributed by atoms with Crippen molar-refractivity contribution in [3.63, 3.8) is 0 Å². The first-order valence-electron chi connectivity index (χ1n) is 4.79. The molecule has 0 aromatic rings. The molecular weight excluding hydrogens is 212 g/mol. The Morgan fingerprint density at radius 2 is 1.69 bits per heavy atom. The van der Waals surface area contributed by atoms with Crippen LogP contribution >= 0.6 is 0 Å². The summed E-state index contributed by atoms with van der Waals surface area (Å²) in [6.45, 7) is 1.97. The second-order valence-electron chi connectivity index (χ2n) is 3.35. The Morgan fingerprint density at radius 1 is 1.25 bits per heavy atom. The van der Waals surface area contributed by atoms with Gasteiger partial charge >= 0.3 is 11.9 Å². The van der Waals surface area contributed by atoms with Gasteiger partial charge in [-0.2, -0.15) is 5.26 Å². The van der Waals surface area contributed by atoms with Crippen LogP contribution in [0.4, 0.5) is 0 Å². The monoisotopic (exact) mass is 228 g/mol.